The van der Waals surface area contributed by atoms with Crippen LogP contribution in [-0.4, -0.2) is 96.7 Å². The second-order valence-corrected chi connectivity index (χ2v) is 35.6. The van der Waals surface area contributed by atoms with Crippen LogP contribution in [0, 0.1) is 0 Å². The minimum atomic E-state index is -4.97. The number of aliphatic hydroxyl groups is 1. The predicted octanol–water partition coefficient (Wildman–Crippen LogP) is 28.5. The number of phosphoric ester groups is 2. The molecule has 19 heteroatoms. The molecule has 3 unspecified atom stereocenters. The van der Waals surface area contributed by atoms with Gasteiger partial charge < -0.3 is 33.8 Å². The Labute approximate surface area is 677 Å². The number of hydrogen-bond acceptors (Lipinski definition) is 15. The van der Waals surface area contributed by atoms with Crippen molar-refractivity contribution in [2.24, 2.45) is 0 Å². The van der Waals surface area contributed by atoms with Crippen LogP contribution in [0.2, 0.25) is 0 Å². The average molecular weight is 1610 g/mol. The van der Waals surface area contributed by atoms with Gasteiger partial charge in [-0.3, -0.25) is 37.3 Å². The molecule has 0 fully saturated rings. The van der Waals surface area contributed by atoms with E-state index in [4.69, 9.17) is 37.0 Å². The zero-order chi connectivity index (χ0) is 80.3. The van der Waals surface area contributed by atoms with Gasteiger partial charge in [-0.2, -0.15) is 0 Å². The zero-order valence-corrected chi connectivity index (χ0v) is 74.0. The first-order valence-electron chi connectivity index (χ1n) is 47.3. The minimum absolute atomic E-state index is 0.110. The summed E-state index contributed by atoms with van der Waals surface area (Å²) >= 11 is 0. The summed E-state index contributed by atoms with van der Waals surface area (Å²) in [6.45, 7) is 5.10. The van der Waals surface area contributed by atoms with Crippen molar-refractivity contribution in [1.29, 1.82) is 0 Å². The van der Waals surface area contributed by atoms with E-state index in [0.717, 1.165) is 89.9 Å². The summed E-state index contributed by atoms with van der Waals surface area (Å²) in [6, 6.07) is 0. The van der Waals surface area contributed by atoms with E-state index in [-0.39, 0.29) is 25.7 Å². The second kappa shape index (κ2) is 85.0. The Kier molecular flexibility index (Phi) is 83.5. The molecule has 0 aliphatic carbocycles. The van der Waals surface area contributed by atoms with E-state index in [1.165, 1.54) is 334 Å². The van der Waals surface area contributed by atoms with Crippen molar-refractivity contribution in [1.82, 2.24) is 0 Å². The van der Waals surface area contributed by atoms with Gasteiger partial charge >= 0.3 is 39.5 Å². The maximum Gasteiger partial charge on any atom is 0.472 e. The third-order valence-corrected chi connectivity index (χ3v) is 23.5. The Morgan fingerprint density at radius 1 is 0.218 bits per heavy atom. The van der Waals surface area contributed by atoms with E-state index in [9.17, 15) is 43.2 Å². The Morgan fingerprint density at radius 2 is 0.364 bits per heavy atom. The molecule has 0 saturated heterocycles. The molecule has 0 aromatic carbocycles. The van der Waals surface area contributed by atoms with Gasteiger partial charge in [-0.25, -0.2) is 9.13 Å². The molecule has 0 radical (unpaired) electrons. The van der Waals surface area contributed by atoms with Crippen molar-refractivity contribution in [3.05, 3.63) is 0 Å². The first-order valence-corrected chi connectivity index (χ1v) is 50.3. The second-order valence-electron chi connectivity index (χ2n) is 32.7. The number of carbonyl (C=O) groups is 4. The molecule has 0 rings (SSSR count). The van der Waals surface area contributed by atoms with Gasteiger partial charge in [0.25, 0.3) is 0 Å². The molecule has 0 amide bonds. The fourth-order valence-electron chi connectivity index (χ4n) is 14.4. The Bertz CT molecular complexity index is 2070. The van der Waals surface area contributed by atoms with Crippen LogP contribution in [0.1, 0.15) is 503 Å². The summed E-state index contributed by atoms with van der Waals surface area (Å²) in [7, 11) is -9.93. The molecule has 3 N–H and O–H groups in total. The molecule has 0 bridgehead atoms. The van der Waals surface area contributed by atoms with Crippen LogP contribution >= 0.6 is 15.6 Å². The smallest absolute Gasteiger partial charge is 0.462 e. The molecule has 0 spiro atoms. The third-order valence-electron chi connectivity index (χ3n) is 21.6. The molecule has 0 heterocycles. The predicted molar refractivity (Wildman–Crippen MR) is 455 cm³/mol. The van der Waals surface area contributed by atoms with Crippen LogP contribution in [0.4, 0.5) is 0 Å². The van der Waals surface area contributed by atoms with Gasteiger partial charge in [0, 0.05) is 25.7 Å². The lowest BCUT2D eigenvalue weighted by Crippen LogP contribution is -2.30. The largest absolute Gasteiger partial charge is 0.472 e. The summed E-state index contributed by atoms with van der Waals surface area (Å²) < 4.78 is 69.1. The van der Waals surface area contributed by atoms with Crippen LogP contribution in [-0.2, 0) is 65.4 Å². The molecular weight excluding hydrogens is 1430 g/mol. The number of ether oxygens (including phenoxy) is 4. The number of hydrogen-bond donors (Lipinski definition) is 3. The first kappa shape index (κ1) is 108. The topological polar surface area (TPSA) is 237 Å². The van der Waals surface area contributed by atoms with Crippen LogP contribution < -0.4 is 0 Å². The van der Waals surface area contributed by atoms with Gasteiger partial charge in [-0.1, -0.05) is 451 Å². The van der Waals surface area contributed by atoms with Crippen LogP contribution in [0.25, 0.3) is 0 Å². The van der Waals surface area contributed by atoms with E-state index < -0.39 is 97.5 Å². The lowest BCUT2D eigenvalue weighted by molar-refractivity contribution is -0.161. The standard InChI is InChI=1S/C91H178O17P2/c1-5-9-13-17-21-25-29-33-36-39-42-45-48-52-56-60-64-68-72-76-89(94)102-82-87(108-91(96)78-74-70-66-62-58-54-50-47-44-41-38-35-31-27-23-19-15-11-7-3)84-106-110(99,100)104-80-85(92)79-103-109(97,98)105-83-86(81-101-88(93)75-71-67-63-59-55-51-32-28-24-20-16-12-8-4)107-90(95)77-73-69-65-61-57-53-49-46-43-40-37-34-30-26-22-18-14-10-6-2/h85-87,92H,5-84H2,1-4H3,(H,97,98)(H,99,100)/t85?,86-,87-/m1/s1. The zero-order valence-electron chi connectivity index (χ0n) is 72.3. The van der Waals surface area contributed by atoms with Crippen LogP contribution in [0.3, 0.4) is 0 Å². The number of rotatable bonds is 92. The maximum atomic E-state index is 13.2. The highest BCUT2D eigenvalue weighted by Gasteiger charge is 2.31. The van der Waals surface area contributed by atoms with Crippen LogP contribution in [0.5, 0.6) is 0 Å². The van der Waals surface area contributed by atoms with E-state index in [1.54, 1.807) is 0 Å². The van der Waals surface area contributed by atoms with Gasteiger partial charge in [-0.15, -0.1) is 0 Å². The molecule has 17 nitrogen and oxygen atoms in total. The molecule has 110 heavy (non-hydrogen) atoms. The Hall–Kier alpha value is -1.94. The summed E-state index contributed by atoms with van der Waals surface area (Å²) in [4.78, 5) is 73.5. The summed E-state index contributed by atoms with van der Waals surface area (Å²) in [5, 5.41) is 10.7. The molecule has 654 valence electrons. The van der Waals surface area contributed by atoms with Gasteiger partial charge in [0.1, 0.15) is 19.3 Å². The van der Waals surface area contributed by atoms with E-state index in [1.807, 2.05) is 0 Å². The minimum Gasteiger partial charge on any atom is -0.462 e. The first-order chi connectivity index (χ1) is 53.7. The fraction of sp³-hybridized carbons (Fsp3) is 0.956. The molecule has 5 atom stereocenters. The van der Waals surface area contributed by atoms with Crippen molar-refractivity contribution < 1.29 is 80.2 Å². The normalized spacial score (nSPS) is 13.6. The molecule has 0 aliphatic rings. The highest BCUT2D eigenvalue weighted by molar-refractivity contribution is 7.47. The quantitative estimate of drug-likeness (QED) is 0.0222. The van der Waals surface area contributed by atoms with Crippen LogP contribution in [0.15, 0.2) is 0 Å². The summed E-state index contributed by atoms with van der Waals surface area (Å²) in [6.07, 6.45) is 81.9. The van der Waals surface area contributed by atoms with Crippen molar-refractivity contribution in [2.75, 3.05) is 39.6 Å². The Morgan fingerprint density at radius 3 is 0.536 bits per heavy atom. The molecule has 0 aliphatic heterocycles. The number of carbonyl (C=O) groups excluding carboxylic acids is 4. The monoisotopic (exact) mass is 1610 g/mol. The van der Waals surface area contributed by atoms with E-state index in [0.29, 0.717) is 25.7 Å². The van der Waals surface area contributed by atoms with Crippen molar-refractivity contribution >= 4 is 39.5 Å². The average Bonchev–Trinajstić information content (AvgIpc) is 0.906. The summed E-state index contributed by atoms with van der Waals surface area (Å²) in [5.41, 5.74) is 0. The lowest BCUT2D eigenvalue weighted by Gasteiger charge is -2.21. The number of aliphatic hydroxyl groups excluding tert-OH is 1. The van der Waals surface area contributed by atoms with Crippen molar-refractivity contribution in [3.8, 4) is 0 Å². The molecule has 0 saturated carbocycles. The molecular formula is C91H178O17P2. The molecule has 0 aromatic heterocycles. The van der Waals surface area contributed by atoms with Crippen molar-refractivity contribution in [2.45, 2.75) is 521 Å². The number of esters is 4. The molecule has 0 aromatic rings. The lowest BCUT2D eigenvalue weighted by atomic mass is 10.0. The van der Waals surface area contributed by atoms with Gasteiger partial charge in [0.15, 0.2) is 12.2 Å². The highest BCUT2D eigenvalue weighted by atomic mass is 31.2. The maximum absolute atomic E-state index is 13.2. The van der Waals surface area contributed by atoms with Gasteiger partial charge in [0.2, 0.25) is 0 Å². The Balaban J connectivity index is 5.25. The SMILES string of the molecule is CCCCCCCCCCCCCCCCCCCCCC(=O)OC[C@H](COP(=O)(O)OCC(O)COP(=O)(O)OC[C@@H](COC(=O)CCCCCCCCCCCCCCC)OC(=O)CCCCCCCCCCCCCCCCCCCCC)OC(=O)CCCCCCCCCCCCCCCCCCCCC. The van der Waals surface area contributed by atoms with Gasteiger partial charge in [0.05, 0.1) is 26.4 Å². The van der Waals surface area contributed by atoms with E-state index >= 15 is 0 Å². The van der Waals surface area contributed by atoms with E-state index in [2.05, 4.69) is 27.7 Å². The fourth-order valence-corrected chi connectivity index (χ4v) is 16.0. The highest BCUT2D eigenvalue weighted by Crippen LogP contribution is 2.45. The van der Waals surface area contributed by atoms with Crippen molar-refractivity contribution in [3.63, 3.8) is 0 Å². The third kappa shape index (κ3) is 84.0. The van der Waals surface area contributed by atoms with Gasteiger partial charge in [-0.05, 0) is 25.7 Å². The number of unbranched alkanes of at least 4 members (excludes halogenated alkanes) is 66. The number of phosphoric acid groups is 2. The summed E-state index contributed by atoms with van der Waals surface area (Å²) in [5.74, 6) is -2.09.